The molecule has 1 aliphatic rings. The number of aromatic nitrogens is 4. The largest absolute Gasteiger partial charge is 0.273 e. The highest BCUT2D eigenvalue weighted by molar-refractivity contribution is 7.99. The molecule has 0 saturated carbocycles. The summed E-state index contributed by atoms with van der Waals surface area (Å²) in [5, 5.41) is 9.57. The van der Waals surface area contributed by atoms with Gasteiger partial charge in [-0.1, -0.05) is 41.6 Å². The van der Waals surface area contributed by atoms with E-state index in [4.69, 9.17) is 0 Å². The topological polar surface area (TPSA) is 81.0 Å². The molecule has 0 unspecified atom stereocenters. The number of thioether (sulfide) groups is 1. The maximum Gasteiger partial charge on any atom is 0.261 e. The van der Waals surface area contributed by atoms with E-state index in [9.17, 15) is 9.59 Å². The summed E-state index contributed by atoms with van der Waals surface area (Å²) in [6.07, 6.45) is 3.48. The molecule has 164 valence electrons. The van der Waals surface area contributed by atoms with Crippen molar-refractivity contribution in [1.82, 2.24) is 24.6 Å². The number of amides is 2. The van der Waals surface area contributed by atoms with Crippen LogP contribution in [0, 0.1) is 13.8 Å². The molecule has 2 aromatic heterocycles. The van der Waals surface area contributed by atoms with E-state index < -0.39 is 0 Å². The fraction of sp³-hybridized carbons (Fsp3) is 0.160. The van der Waals surface area contributed by atoms with Crippen molar-refractivity contribution < 1.29 is 9.59 Å². The number of aryl methyl sites for hydroxylation is 2. The number of benzene rings is 2. The zero-order valence-corrected chi connectivity index (χ0v) is 19.0. The Labute approximate surface area is 195 Å². The first-order valence-corrected chi connectivity index (χ1v) is 11.5. The van der Waals surface area contributed by atoms with Crippen LogP contribution in [0.1, 0.15) is 31.8 Å². The summed E-state index contributed by atoms with van der Waals surface area (Å²) in [5.74, 6) is 0.700. The second-order valence-electron chi connectivity index (χ2n) is 7.83. The second-order valence-corrected chi connectivity index (χ2v) is 8.89. The number of imide groups is 1. The molecule has 0 saturated heterocycles. The SMILES string of the molecule is Cc1ccc(-n2c(SCCN3C(=O)c4ccccc4C3=O)nnc2-c2cccnc2)c(C)c1. The van der Waals surface area contributed by atoms with E-state index in [2.05, 4.69) is 47.2 Å². The van der Waals surface area contributed by atoms with Crippen molar-refractivity contribution in [2.45, 2.75) is 19.0 Å². The molecular formula is C25H21N5O2S. The summed E-state index contributed by atoms with van der Waals surface area (Å²) < 4.78 is 2.01. The number of carbonyl (C=O) groups is 2. The standard InChI is InChI=1S/C25H21N5O2S/c1-16-9-10-21(17(2)14-16)30-22(18-6-5-11-26-15-18)27-28-25(30)33-13-12-29-23(31)19-7-3-4-8-20(19)24(29)32/h3-11,14-15H,12-13H2,1-2H3. The van der Waals surface area contributed by atoms with Crippen molar-refractivity contribution in [2.24, 2.45) is 0 Å². The monoisotopic (exact) mass is 455 g/mol. The number of nitrogens with zero attached hydrogens (tertiary/aromatic N) is 5. The van der Waals surface area contributed by atoms with Gasteiger partial charge >= 0.3 is 0 Å². The Hall–Kier alpha value is -3.78. The number of hydrogen-bond acceptors (Lipinski definition) is 6. The van der Waals surface area contributed by atoms with Gasteiger partial charge in [-0.25, -0.2) is 0 Å². The molecule has 2 amide bonds. The Morgan fingerprint density at radius 2 is 1.67 bits per heavy atom. The number of fused-ring (bicyclic) bond motifs is 1. The average molecular weight is 456 g/mol. The van der Waals surface area contributed by atoms with Crippen molar-refractivity contribution in [2.75, 3.05) is 12.3 Å². The van der Waals surface area contributed by atoms with E-state index in [0.29, 0.717) is 34.4 Å². The van der Waals surface area contributed by atoms with Crippen LogP contribution in [0.25, 0.3) is 17.1 Å². The highest BCUT2D eigenvalue weighted by Crippen LogP contribution is 2.30. The van der Waals surface area contributed by atoms with Gasteiger partial charge in [0.05, 0.1) is 16.8 Å². The number of pyridine rings is 1. The number of carbonyl (C=O) groups excluding carboxylic acids is 2. The maximum absolute atomic E-state index is 12.7. The van der Waals surface area contributed by atoms with Gasteiger partial charge in [0, 0.05) is 30.3 Å². The van der Waals surface area contributed by atoms with Gasteiger partial charge in [-0.05, 0) is 49.7 Å². The van der Waals surface area contributed by atoms with Gasteiger partial charge in [0.1, 0.15) is 0 Å². The van der Waals surface area contributed by atoms with E-state index in [1.807, 2.05) is 16.7 Å². The molecule has 4 aromatic rings. The smallest absolute Gasteiger partial charge is 0.261 e. The van der Waals surface area contributed by atoms with Crippen molar-refractivity contribution in [3.8, 4) is 17.1 Å². The summed E-state index contributed by atoms with van der Waals surface area (Å²) in [7, 11) is 0. The van der Waals surface area contributed by atoms with Gasteiger partial charge in [0.15, 0.2) is 11.0 Å². The molecule has 0 N–H and O–H groups in total. The van der Waals surface area contributed by atoms with Crippen LogP contribution in [0.15, 0.2) is 72.1 Å². The van der Waals surface area contributed by atoms with Gasteiger partial charge in [-0.3, -0.25) is 24.0 Å². The van der Waals surface area contributed by atoms with Crippen LogP contribution in [0.5, 0.6) is 0 Å². The number of rotatable bonds is 6. The quantitative estimate of drug-likeness (QED) is 0.318. The molecule has 33 heavy (non-hydrogen) atoms. The predicted molar refractivity (Wildman–Crippen MR) is 127 cm³/mol. The highest BCUT2D eigenvalue weighted by Gasteiger charge is 2.34. The van der Waals surface area contributed by atoms with Crippen molar-refractivity contribution in [3.05, 3.63) is 89.2 Å². The van der Waals surface area contributed by atoms with E-state index in [-0.39, 0.29) is 11.8 Å². The van der Waals surface area contributed by atoms with E-state index in [1.165, 1.54) is 22.2 Å². The minimum absolute atomic E-state index is 0.247. The fourth-order valence-corrected chi connectivity index (χ4v) is 4.86. The zero-order valence-electron chi connectivity index (χ0n) is 18.2. The first-order chi connectivity index (χ1) is 16.0. The lowest BCUT2D eigenvalue weighted by molar-refractivity contribution is 0.0664. The van der Waals surface area contributed by atoms with Crippen LogP contribution in [0.2, 0.25) is 0 Å². The molecule has 0 radical (unpaired) electrons. The van der Waals surface area contributed by atoms with Crippen LogP contribution in [0.4, 0.5) is 0 Å². The van der Waals surface area contributed by atoms with Crippen LogP contribution < -0.4 is 0 Å². The van der Waals surface area contributed by atoms with Crippen LogP contribution in [-0.4, -0.2) is 48.8 Å². The second kappa shape index (κ2) is 8.63. The minimum atomic E-state index is -0.247. The van der Waals surface area contributed by atoms with E-state index in [1.54, 1.807) is 36.7 Å². The fourth-order valence-electron chi connectivity index (χ4n) is 3.99. The Bertz CT molecular complexity index is 1330. The minimum Gasteiger partial charge on any atom is -0.273 e. The molecule has 2 aromatic carbocycles. The van der Waals surface area contributed by atoms with Crippen molar-refractivity contribution in [3.63, 3.8) is 0 Å². The summed E-state index contributed by atoms with van der Waals surface area (Å²) in [6.45, 7) is 4.41. The third kappa shape index (κ3) is 3.82. The number of hydrogen-bond donors (Lipinski definition) is 0. The average Bonchev–Trinajstić information content (AvgIpc) is 3.35. The van der Waals surface area contributed by atoms with Crippen LogP contribution >= 0.6 is 11.8 Å². The first-order valence-electron chi connectivity index (χ1n) is 10.6. The Kier molecular flexibility index (Phi) is 5.51. The lowest BCUT2D eigenvalue weighted by Gasteiger charge is -2.15. The van der Waals surface area contributed by atoms with Crippen molar-refractivity contribution >= 4 is 23.6 Å². The molecule has 7 nitrogen and oxygen atoms in total. The lowest BCUT2D eigenvalue weighted by Crippen LogP contribution is -2.31. The Morgan fingerprint density at radius 3 is 2.33 bits per heavy atom. The van der Waals surface area contributed by atoms with E-state index in [0.717, 1.165) is 16.8 Å². The first kappa shape index (κ1) is 21.1. The highest BCUT2D eigenvalue weighted by atomic mass is 32.2. The molecule has 0 spiro atoms. The molecule has 8 heteroatoms. The lowest BCUT2D eigenvalue weighted by atomic mass is 10.1. The van der Waals surface area contributed by atoms with Gasteiger partial charge in [-0.15, -0.1) is 10.2 Å². The van der Waals surface area contributed by atoms with Crippen molar-refractivity contribution in [1.29, 1.82) is 0 Å². The van der Waals surface area contributed by atoms with Crippen LogP contribution in [-0.2, 0) is 0 Å². The molecule has 0 atom stereocenters. The molecule has 0 bridgehead atoms. The molecule has 3 heterocycles. The maximum atomic E-state index is 12.7. The van der Waals surface area contributed by atoms with Gasteiger partial charge < -0.3 is 0 Å². The van der Waals surface area contributed by atoms with Crippen LogP contribution in [0.3, 0.4) is 0 Å². The molecule has 0 aliphatic carbocycles. The van der Waals surface area contributed by atoms with E-state index >= 15 is 0 Å². The molecular weight excluding hydrogens is 434 g/mol. The third-order valence-electron chi connectivity index (χ3n) is 5.57. The Balaban J connectivity index is 1.43. The van der Waals surface area contributed by atoms with Gasteiger partial charge in [0.2, 0.25) is 0 Å². The summed E-state index contributed by atoms with van der Waals surface area (Å²) >= 11 is 1.46. The van der Waals surface area contributed by atoms with Gasteiger partial charge in [-0.2, -0.15) is 0 Å². The summed E-state index contributed by atoms with van der Waals surface area (Å²) in [5.41, 5.74) is 5.04. The predicted octanol–water partition coefficient (Wildman–Crippen LogP) is 4.33. The Morgan fingerprint density at radius 1 is 0.909 bits per heavy atom. The summed E-state index contributed by atoms with van der Waals surface area (Å²) in [6, 6.07) is 17.0. The zero-order chi connectivity index (χ0) is 22.9. The molecule has 1 aliphatic heterocycles. The third-order valence-corrected chi connectivity index (χ3v) is 6.48. The molecule has 0 fully saturated rings. The summed E-state index contributed by atoms with van der Waals surface area (Å²) in [4.78, 5) is 30.8. The normalized spacial score (nSPS) is 13.0. The van der Waals surface area contributed by atoms with Gasteiger partial charge in [0.25, 0.3) is 11.8 Å². The molecule has 5 rings (SSSR count).